The van der Waals surface area contributed by atoms with Gasteiger partial charge in [0, 0.05) is 24.7 Å². The number of hydrogen-bond donors (Lipinski definition) is 1. The summed E-state index contributed by atoms with van der Waals surface area (Å²) in [4.78, 5) is 2.40. The number of anilines is 1. The number of nitrogens with one attached hydrogen (secondary N) is 1. The van der Waals surface area contributed by atoms with Crippen LogP contribution in [0.2, 0.25) is 0 Å². The molecule has 1 saturated carbocycles. The molecule has 1 aromatic rings. The molecule has 1 unspecified atom stereocenters. The molecule has 1 aliphatic rings. The van der Waals surface area contributed by atoms with Gasteiger partial charge in [0.25, 0.3) is 0 Å². The summed E-state index contributed by atoms with van der Waals surface area (Å²) in [6.07, 6.45) is 2.62. The Labute approximate surface area is 115 Å². The van der Waals surface area contributed by atoms with Crippen LogP contribution >= 0.6 is 0 Å². The fraction of sp³-hybridized carbons (Fsp3) is 0.533. The van der Waals surface area contributed by atoms with Crippen LogP contribution in [-0.2, 0) is 0 Å². The van der Waals surface area contributed by atoms with Crippen molar-refractivity contribution in [3.8, 4) is 11.8 Å². The number of methoxy groups -OCH3 is 1. The number of ether oxygens (including phenoxy) is 1. The number of rotatable bonds is 6. The topological polar surface area (TPSA) is 48.3 Å². The number of nitrogens with zero attached hydrogens (tertiary/aromatic N) is 2. The highest BCUT2D eigenvalue weighted by Crippen LogP contribution is 2.27. The molecule has 102 valence electrons. The summed E-state index contributed by atoms with van der Waals surface area (Å²) < 4.78 is 5.20. The Balaban J connectivity index is 1.99. The zero-order valence-corrected chi connectivity index (χ0v) is 11.8. The van der Waals surface area contributed by atoms with Gasteiger partial charge in [0.05, 0.1) is 18.4 Å². The maximum atomic E-state index is 9.11. The van der Waals surface area contributed by atoms with Crippen LogP contribution in [0, 0.1) is 11.3 Å². The van der Waals surface area contributed by atoms with E-state index in [4.69, 9.17) is 10.00 Å². The Kier molecular flexibility index (Phi) is 4.28. The lowest BCUT2D eigenvalue weighted by Crippen LogP contribution is -2.36. The number of likely N-dealkylation sites (N-methyl/N-ethyl adjacent to an activating group) is 1. The van der Waals surface area contributed by atoms with Gasteiger partial charge in [0.1, 0.15) is 11.8 Å². The molecular formula is C15H21N3O. The Morgan fingerprint density at radius 2 is 2.26 bits per heavy atom. The van der Waals surface area contributed by atoms with Gasteiger partial charge in [0.2, 0.25) is 0 Å². The molecule has 1 N–H and O–H groups in total. The lowest BCUT2D eigenvalue weighted by molar-refractivity contribution is 0.257. The molecule has 4 heteroatoms. The molecule has 2 rings (SSSR count). The highest BCUT2D eigenvalue weighted by atomic mass is 16.5. The van der Waals surface area contributed by atoms with Gasteiger partial charge in [-0.2, -0.15) is 5.26 Å². The van der Waals surface area contributed by atoms with Crippen molar-refractivity contribution in [1.29, 1.82) is 5.26 Å². The Hall–Kier alpha value is -1.73. The SMILES string of the molecule is COc1ccc(C#N)c(NCC(C)N(C)C2CC2)c1. The van der Waals surface area contributed by atoms with E-state index in [0.717, 1.165) is 24.0 Å². The van der Waals surface area contributed by atoms with Gasteiger partial charge in [0.15, 0.2) is 0 Å². The van der Waals surface area contributed by atoms with Crippen molar-refractivity contribution >= 4 is 5.69 Å². The molecule has 0 heterocycles. The van der Waals surface area contributed by atoms with Gasteiger partial charge in [-0.3, -0.25) is 4.90 Å². The Bertz CT molecular complexity index is 477. The third kappa shape index (κ3) is 3.39. The van der Waals surface area contributed by atoms with Crippen LogP contribution in [0.1, 0.15) is 25.3 Å². The largest absolute Gasteiger partial charge is 0.497 e. The zero-order chi connectivity index (χ0) is 13.8. The van der Waals surface area contributed by atoms with Crippen LogP contribution in [0.25, 0.3) is 0 Å². The molecule has 1 aliphatic carbocycles. The van der Waals surface area contributed by atoms with Gasteiger partial charge in [-0.1, -0.05) is 0 Å². The first-order valence-electron chi connectivity index (χ1n) is 6.69. The van der Waals surface area contributed by atoms with Crippen LogP contribution in [0.15, 0.2) is 18.2 Å². The monoisotopic (exact) mass is 259 g/mol. The van der Waals surface area contributed by atoms with Crippen molar-refractivity contribution in [2.45, 2.75) is 31.8 Å². The Morgan fingerprint density at radius 3 is 2.84 bits per heavy atom. The molecule has 0 spiro atoms. The minimum atomic E-state index is 0.449. The molecule has 0 amide bonds. The first-order valence-corrected chi connectivity index (χ1v) is 6.69. The predicted octanol–water partition coefficient (Wildman–Crippen LogP) is 2.46. The van der Waals surface area contributed by atoms with E-state index in [1.807, 2.05) is 12.1 Å². The van der Waals surface area contributed by atoms with E-state index < -0.39 is 0 Å². The first kappa shape index (κ1) is 13.7. The van der Waals surface area contributed by atoms with Crippen LogP contribution in [0.4, 0.5) is 5.69 Å². The fourth-order valence-corrected chi connectivity index (χ4v) is 2.14. The van der Waals surface area contributed by atoms with E-state index in [1.165, 1.54) is 12.8 Å². The molecule has 0 aliphatic heterocycles. The van der Waals surface area contributed by atoms with E-state index in [-0.39, 0.29) is 0 Å². The average molecular weight is 259 g/mol. The van der Waals surface area contributed by atoms with Gasteiger partial charge in [-0.05, 0) is 38.9 Å². The molecule has 0 saturated heterocycles. The third-order valence-electron chi connectivity index (χ3n) is 3.75. The van der Waals surface area contributed by atoms with Gasteiger partial charge in [-0.15, -0.1) is 0 Å². The average Bonchev–Trinajstić information content (AvgIpc) is 3.28. The molecular weight excluding hydrogens is 238 g/mol. The second-order valence-electron chi connectivity index (χ2n) is 5.15. The van der Waals surface area contributed by atoms with E-state index in [9.17, 15) is 0 Å². The number of nitriles is 1. The Morgan fingerprint density at radius 1 is 1.53 bits per heavy atom. The highest BCUT2D eigenvalue weighted by Gasteiger charge is 2.28. The minimum absolute atomic E-state index is 0.449. The lowest BCUT2D eigenvalue weighted by Gasteiger charge is -2.25. The normalized spacial score (nSPS) is 15.9. The molecule has 0 radical (unpaired) electrons. The molecule has 1 atom stereocenters. The van der Waals surface area contributed by atoms with Gasteiger partial charge in [-0.25, -0.2) is 0 Å². The molecule has 4 nitrogen and oxygen atoms in total. The van der Waals surface area contributed by atoms with Crippen molar-refractivity contribution in [2.75, 3.05) is 26.0 Å². The van der Waals surface area contributed by atoms with Crippen LogP contribution in [0.5, 0.6) is 5.75 Å². The van der Waals surface area contributed by atoms with Gasteiger partial charge >= 0.3 is 0 Å². The third-order valence-corrected chi connectivity index (χ3v) is 3.75. The summed E-state index contributed by atoms with van der Waals surface area (Å²) in [5.41, 5.74) is 1.50. The van der Waals surface area contributed by atoms with E-state index in [2.05, 4.69) is 30.3 Å². The molecule has 1 aromatic carbocycles. The number of benzene rings is 1. The fourth-order valence-electron chi connectivity index (χ4n) is 2.14. The van der Waals surface area contributed by atoms with Gasteiger partial charge < -0.3 is 10.1 Å². The smallest absolute Gasteiger partial charge is 0.121 e. The van der Waals surface area contributed by atoms with Crippen molar-refractivity contribution in [1.82, 2.24) is 4.90 Å². The first-order chi connectivity index (χ1) is 9.15. The summed E-state index contributed by atoms with van der Waals surface area (Å²) in [7, 11) is 3.80. The lowest BCUT2D eigenvalue weighted by atomic mass is 10.1. The van der Waals surface area contributed by atoms with Crippen molar-refractivity contribution in [3.63, 3.8) is 0 Å². The highest BCUT2D eigenvalue weighted by molar-refractivity contribution is 5.60. The standard InChI is InChI=1S/C15H21N3O/c1-11(18(2)13-5-6-13)10-17-15-8-14(19-3)7-4-12(15)9-16/h4,7-8,11,13,17H,5-6,10H2,1-3H3. The molecule has 0 bridgehead atoms. The zero-order valence-electron chi connectivity index (χ0n) is 11.8. The van der Waals surface area contributed by atoms with Crippen molar-refractivity contribution < 1.29 is 4.74 Å². The van der Waals surface area contributed by atoms with Crippen LogP contribution in [0.3, 0.4) is 0 Å². The summed E-state index contributed by atoms with van der Waals surface area (Å²) in [6, 6.07) is 8.87. The summed E-state index contributed by atoms with van der Waals surface area (Å²) in [5.74, 6) is 0.768. The molecule has 1 fully saturated rings. The van der Waals surface area contributed by atoms with E-state index in [1.54, 1.807) is 13.2 Å². The van der Waals surface area contributed by atoms with Crippen molar-refractivity contribution in [2.24, 2.45) is 0 Å². The molecule has 19 heavy (non-hydrogen) atoms. The maximum absolute atomic E-state index is 9.11. The predicted molar refractivity (Wildman–Crippen MR) is 76.4 cm³/mol. The quantitative estimate of drug-likeness (QED) is 0.852. The summed E-state index contributed by atoms with van der Waals surface area (Å²) >= 11 is 0. The maximum Gasteiger partial charge on any atom is 0.121 e. The summed E-state index contributed by atoms with van der Waals surface area (Å²) in [5, 5.41) is 12.5. The van der Waals surface area contributed by atoms with Crippen LogP contribution < -0.4 is 10.1 Å². The second-order valence-corrected chi connectivity index (χ2v) is 5.15. The molecule has 0 aromatic heterocycles. The number of hydrogen-bond acceptors (Lipinski definition) is 4. The minimum Gasteiger partial charge on any atom is -0.497 e. The van der Waals surface area contributed by atoms with Crippen LogP contribution in [-0.4, -0.2) is 37.7 Å². The van der Waals surface area contributed by atoms with Crippen molar-refractivity contribution in [3.05, 3.63) is 23.8 Å². The van der Waals surface area contributed by atoms with E-state index >= 15 is 0 Å². The van der Waals surface area contributed by atoms with E-state index in [0.29, 0.717) is 11.6 Å². The summed E-state index contributed by atoms with van der Waals surface area (Å²) in [6.45, 7) is 3.03. The second kappa shape index (κ2) is 5.94.